The molecule has 12 nitrogen and oxygen atoms in total. The molecule has 0 aromatic heterocycles. The fourth-order valence-corrected chi connectivity index (χ4v) is 4.00. The van der Waals surface area contributed by atoms with Gasteiger partial charge in [0.25, 0.3) is 21.6 Å². The second-order valence-corrected chi connectivity index (χ2v) is 7.17. The first kappa shape index (κ1) is 20.1. The van der Waals surface area contributed by atoms with Gasteiger partial charge in [0.15, 0.2) is 4.90 Å². The highest BCUT2D eigenvalue weighted by Crippen LogP contribution is 2.32. The number of carbonyl (C=O) groups is 2. The van der Waals surface area contributed by atoms with Gasteiger partial charge in [0.1, 0.15) is 18.3 Å². The smallest absolute Gasteiger partial charge is 0.293 e. The van der Waals surface area contributed by atoms with Crippen LogP contribution in [-0.4, -0.2) is 65.8 Å². The van der Waals surface area contributed by atoms with E-state index >= 15 is 0 Å². The molecule has 0 bridgehead atoms. The Balaban J connectivity index is 2.54. The van der Waals surface area contributed by atoms with Crippen LogP contribution >= 0.6 is 0 Å². The summed E-state index contributed by atoms with van der Waals surface area (Å²) in [7, 11) is -3.32. The molecule has 0 fully saturated rings. The number of sulfonamides is 1. The number of hydrogen-bond acceptors (Lipinski definition) is 8. The molecule has 0 spiro atoms. The number of amides is 2. The van der Waals surface area contributed by atoms with Gasteiger partial charge in [0.2, 0.25) is 5.91 Å². The lowest BCUT2D eigenvalue weighted by atomic mass is 10.2. The number of aliphatic hydroxyl groups is 1. The van der Waals surface area contributed by atoms with Gasteiger partial charge in [-0.15, -0.1) is 0 Å². The number of carbonyl (C=O) groups excluding carboxylic acids is 2. The fourth-order valence-electron chi connectivity index (χ4n) is 2.43. The van der Waals surface area contributed by atoms with Crippen LogP contribution in [0.15, 0.2) is 35.5 Å². The van der Waals surface area contributed by atoms with Crippen molar-refractivity contribution in [3.8, 4) is 5.75 Å². The molecule has 27 heavy (non-hydrogen) atoms. The molecule has 1 aliphatic heterocycles. The zero-order chi connectivity index (χ0) is 20.4. The highest BCUT2D eigenvalue weighted by molar-refractivity contribution is 7.89. The van der Waals surface area contributed by atoms with Crippen LogP contribution < -0.4 is 10.5 Å². The lowest BCUT2D eigenvalue weighted by molar-refractivity contribution is -0.387. The van der Waals surface area contributed by atoms with Gasteiger partial charge in [0.05, 0.1) is 24.7 Å². The van der Waals surface area contributed by atoms with Gasteiger partial charge in [-0.1, -0.05) is 0 Å². The van der Waals surface area contributed by atoms with Crippen LogP contribution in [0.2, 0.25) is 0 Å². The van der Waals surface area contributed by atoms with E-state index in [1.807, 2.05) is 0 Å². The first-order valence-electron chi connectivity index (χ1n) is 7.37. The fraction of sp³-hybridized carbons (Fsp3) is 0.286. The van der Waals surface area contributed by atoms with Crippen molar-refractivity contribution in [2.45, 2.75) is 10.9 Å². The van der Waals surface area contributed by atoms with Crippen LogP contribution in [0.4, 0.5) is 5.69 Å². The van der Waals surface area contributed by atoms with Gasteiger partial charge >= 0.3 is 0 Å². The number of methoxy groups -OCH3 is 1. The minimum atomic E-state index is -4.58. The summed E-state index contributed by atoms with van der Waals surface area (Å²) in [5, 5.41) is 20.8. The Hall–Kier alpha value is -3.19. The van der Waals surface area contributed by atoms with Gasteiger partial charge in [-0.25, -0.2) is 8.42 Å². The Kier molecular flexibility index (Phi) is 5.66. The van der Waals surface area contributed by atoms with Crippen molar-refractivity contribution >= 4 is 27.5 Å². The van der Waals surface area contributed by atoms with Gasteiger partial charge in [0, 0.05) is 12.4 Å². The van der Waals surface area contributed by atoms with Crippen LogP contribution in [0.5, 0.6) is 5.75 Å². The normalized spacial score (nSPS) is 17.1. The summed E-state index contributed by atoms with van der Waals surface area (Å²) in [6.45, 7) is -1.43. The minimum absolute atomic E-state index is 0.0669. The lowest BCUT2D eigenvalue weighted by Gasteiger charge is -2.34. The molecule has 0 saturated carbocycles. The first-order valence-corrected chi connectivity index (χ1v) is 8.81. The standard InChI is InChI=1S/C14H16N4O8S/c1-26-9-2-3-12(10(6-9)18(22)23)27(24,25)17-5-4-16(7-13(15)20)14(21)11(17)8-19/h2-6,11,19H,7-8H2,1H3,(H2,15,20)/t11-/m0/s1. The highest BCUT2D eigenvalue weighted by atomic mass is 32.2. The average Bonchev–Trinajstić information content (AvgIpc) is 2.62. The molecular weight excluding hydrogens is 384 g/mol. The SMILES string of the molecule is COc1ccc(S(=O)(=O)N2C=CN(CC(N)=O)C(=O)[C@@H]2CO)c([N+](=O)[O-])c1. The van der Waals surface area contributed by atoms with Gasteiger partial charge in [-0.3, -0.25) is 24.0 Å². The van der Waals surface area contributed by atoms with Gasteiger partial charge < -0.3 is 20.5 Å². The Morgan fingerprint density at radius 2 is 2.07 bits per heavy atom. The highest BCUT2D eigenvalue weighted by Gasteiger charge is 2.41. The van der Waals surface area contributed by atoms with Crippen molar-refractivity contribution in [3.05, 3.63) is 40.7 Å². The van der Waals surface area contributed by atoms with Crippen molar-refractivity contribution in [1.82, 2.24) is 9.21 Å². The first-order chi connectivity index (χ1) is 12.6. The summed E-state index contributed by atoms with van der Waals surface area (Å²) in [5.74, 6) is -1.68. The number of nitrogens with zero attached hydrogens (tertiary/aromatic N) is 3. The molecule has 1 atom stereocenters. The molecule has 0 saturated heterocycles. The largest absolute Gasteiger partial charge is 0.497 e. The summed E-state index contributed by atoms with van der Waals surface area (Å²) in [4.78, 5) is 33.9. The Bertz CT molecular complexity index is 914. The number of hydrogen-bond donors (Lipinski definition) is 2. The predicted molar refractivity (Wildman–Crippen MR) is 89.6 cm³/mol. The van der Waals surface area contributed by atoms with Crippen molar-refractivity contribution in [2.75, 3.05) is 20.3 Å². The number of aliphatic hydroxyl groups excluding tert-OH is 1. The molecule has 13 heteroatoms. The van der Waals surface area contributed by atoms with Gasteiger partial charge in [-0.05, 0) is 12.1 Å². The topological polar surface area (TPSA) is 173 Å². The quantitative estimate of drug-likeness (QED) is 0.422. The molecular formula is C14H16N4O8S. The van der Waals surface area contributed by atoms with Crippen molar-refractivity contribution in [2.24, 2.45) is 5.73 Å². The number of ether oxygens (including phenoxy) is 1. The van der Waals surface area contributed by atoms with E-state index in [4.69, 9.17) is 10.5 Å². The summed E-state index contributed by atoms with van der Waals surface area (Å²) in [6.07, 6.45) is 1.92. The van der Waals surface area contributed by atoms with Crippen LogP contribution in [0.1, 0.15) is 0 Å². The molecule has 3 N–H and O–H groups in total. The van der Waals surface area contributed by atoms with Crippen LogP contribution in [0.3, 0.4) is 0 Å². The van der Waals surface area contributed by atoms with E-state index in [0.29, 0.717) is 4.31 Å². The van der Waals surface area contributed by atoms with E-state index in [1.165, 1.54) is 13.2 Å². The average molecular weight is 400 g/mol. The molecule has 2 amide bonds. The molecule has 0 radical (unpaired) electrons. The third-order valence-electron chi connectivity index (χ3n) is 3.69. The van der Waals surface area contributed by atoms with Crippen molar-refractivity contribution in [3.63, 3.8) is 0 Å². The van der Waals surface area contributed by atoms with Gasteiger partial charge in [-0.2, -0.15) is 0 Å². The van der Waals surface area contributed by atoms with E-state index in [9.17, 15) is 33.2 Å². The number of benzene rings is 1. The number of rotatable bonds is 7. The Labute approximate surface area is 153 Å². The van der Waals surface area contributed by atoms with E-state index in [1.54, 1.807) is 0 Å². The third-order valence-corrected chi connectivity index (χ3v) is 5.52. The summed E-state index contributed by atoms with van der Waals surface area (Å²) >= 11 is 0. The number of nitro groups is 1. The minimum Gasteiger partial charge on any atom is -0.497 e. The maximum atomic E-state index is 12.9. The number of primary amides is 1. The zero-order valence-electron chi connectivity index (χ0n) is 14.0. The van der Waals surface area contributed by atoms with Crippen LogP contribution in [-0.2, 0) is 19.6 Å². The van der Waals surface area contributed by atoms with E-state index in [0.717, 1.165) is 29.4 Å². The molecule has 1 heterocycles. The summed E-state index contributed by atoms with van der Waals surface area (Å²) < 4.78 is 31.2. The Morgan fingerprint density at radius 1 is 1.41 bits per heavy atom. The lowest BCUT2D eigenvalue weighted by Crippen LogP contribution is -2.53. The molecule has 0 aliphatic carbocycles. The maximum Gasteiger partial charge on any atom is 0.293 e. The summed E-state index contributed by atoms with van der Waals surface area (Å²) in [5.41, 5.74) is 4.26. The summed E-state index contributed by atoms with van der Waals surface area (Å²) in [6, 6.07) is 1.49. The maximum absolute atomic E-state index is 12.9. The van der Waals surface area contributed by atoms with E-state index in [2.05, 4.69) is 0 Å². The van der Waals surface area contributed by atoms with Crippen LogP contribution in [0, 0.1) is 10.1 Å². The molecule has 1 aromatic rings. The second kappa shape index (κ2) is 7.59. The molecule has 0 unspecified atom stereocenters. The number of nitro benzene ring substituents is 1. The van der Waals surface area contributed by atoms with Crippen molar-refractivity contribution in [1.29, 1.82) is 0 Å². The van der Waals surface area contributed by atoms with E-state index in [-0.39, 0.29) is 5.75 Å². The molecule has 2 rings (SSSR count). The monoisotopic (exact) mass is 400 g/mol. The molecule has 146 valence electrons. The second-order valence-electron chi connectivity index (χ2n) is 5.35. The van der Waals surface area contributed by atoms with E-state index < -0.39 is 56.5 Å². The molecule has 1 aliphatic rings. The Morgan fingerprint density at radius 3 is 2.59 bits per heavy atom. The predicted octanol–water partition coefficient (Wildman–Crippen LogP) is -1.25. The molecule has 1 aromatic carbocycles. The third kappa shape index (κ3) is 3.83. The van der Waals surface area contributed by atoms with Crippen molar-refractivity contribution < 1.29 is 32.8 Å². The zero-order valence-corrected chi connectivity index (χ0v) is 14.8. The van der Waals surface area contributed by atoms with Crippen LogP contribution in [0.25, 0.3) is 0 Å². The number of nitrogens with two attached hydrogens (primary N) is 1.